The fraction of sp³-hybridized carbons (Fsp3) is 0.750. The van der Waals surface area contributed by atoms with E-state index in [9.17, 15) is 12.9 Å². The third kappa shape index (κ3) is 15.8. The first kappa shape index (κ1) is 16.5. The molecule has 0 fully saturated rings. The molecule has 0 N–H and O–H groups in total. The largest absolute Gasteiger partial charge is 1.00 e. The molecule has 0 nitrogen and oxygen atoms in total. The van der Waals surface area contributed by atoms with Crippen LogP contribution in [0.4, 0.5) is 12.9 Å². The zero-order valence-corrected chi connectivity index (χ0v) is 11.4. The summed E-state index contributed by atoms with van der Waals surface area (Å²) in [5.41, 5.74) is 0. The number of hydrogen-bond donors (Lipinski definition) is 0. The number of unbranched alkanes of at least 4 members (excludes halogenated alkanes) is 4. The van der Waals surface area contributed by atoms with Crippen LogP contribution in [-0.2, 0) is 0 Å². The topological polar surface area (TPSA) is 0 Å². The average Bonchev–Trinajstić information content (AvgIpc) is 1.94. The van der Waals surface area contributed by atoms with Gasteiger partial charge in [0.1, 0.15) is 0 Å². The molecule has 0 amide bonds. The van der Waals surface area contributed by atoms with Crippen LogP contribution < -0.4 is 51.4 Å². The molecule has 0 heterocycles. The molecule has 0 aliphatic carbocycles. The van der Waals surface area contributed by atoms with Gasteiger partial charge < -0.3 is 12.9 Å². The predicted molar refractivity (Wildman–Crippen MR) is 45.6 cm³/mol. The van der Waals surface area contributed by atoms with E-state index in [0.29, 0.717) is 6.42 Å². The summed E-state index contributed by atoms with van der Waals surface area (Å²) < 4.78 is 34.6. The standard InChI is InChI=1S/C8H13BF3.K/c1-2-3-4-5-6-7-8-9(10,11)12;/h2-6H2,1H3;/q-1;+1. The minimum absolute atomic E-state index is 0. The Balaban J connectivity index is 0. The van der Waals surface area contributed by atoms with Crippen LogP contribution in [0.15, 0.2) is 0 Å². The Morgan fingerprint density at radius 3 is 2.15 bits per heavy atom. The number of halogens is 3. The van der Waals surface area contributed by atoms with Gasteiger partial charge in [-0.1, -0.05) is 26.2 Å². The Morgan fingerprint density at radius 1 is 1.08 bits per heavy atom. The van der Waals surface area contributed by atoms with Gasteiger partial charge in [0.05, 0.1) is 0 Å². The first-order chi connectivity index (χ1) is 5.56. The second kappa shape index (κ2) is 9.60. The van der Waals surface area contributed by atoms with Gasteiger partial charge in [0.2, 0.25) is 0 Å². The Hall–Kier alpha value is 1.05. The number of hydrogen-bond acceptors (Lipinski definition) is 0. The molecule has 0 atom stereocenters. The smallest absolute Gasteiger partial charge is 0.438 e. The van der Waals surface area contributed by atoms with Crippen LogP contribution in [0, 0.1) is 11.7 Å². The molecule has 0 spiro atoms. The zero-order chi connectivity index (χ0) is 9.45. The molecule has 13 heavy (non-hydrogen) atoms. The quantitative estimate of drug-likeness (QED) is 0.361. The number of rotatable bonds is 4. The summed E-state index contributed by atoms with van der Waals surface area (Å²) in [7, 11) is 0. The molecule has 5 heteroatoms. The van der Waals surface area contributed by atoms with Crippen LogP contribution >= 0.6 is 0 Å². The van der Waals surface area contributed by atoms with Crippen molar-refractivity contribution in [2.45, 2.75) is 39.0 Å². The maximum absolute atomic E-state index is 11.5. The fourth-order valence-electron chi connectivity index (χ4n) is 0.828. The third-order valence-electron chi connectivity index (χ3n) is 1.42. The van der Waals surface area contributed by atoms with E-state index < -0.39 is 6.98 Å². The molecule has 0 aliphatic heterocycles. The van der Waals surface area contributed by atoms with Crippen LogP contribution in [-0.4, -0.2) is 6.98 Å². The molecule has 70 valence electrons. The van der Waals surface area contributed by atoms with Crippen LogP contribution in [0.1, 0.15) is 39.0 Å². The van der Waals surface area contributed by atoms with Crippen molar-refractivity contribution in [1.29, 1.82) is 0 Å². The summed E-state index contributed by atoms with van der Waals surface area (Å²) in [6.45, 7) is -2.83. The van der Waals surface area contributed by atoms with Crippen LogP contribution in [0.5, 0.6) is 0 Å². The van der Waals surface area contributed by atoms with Gasteiger partial charge in [-0.15, -0.1) is 5.92 Å². The Morgan fingerprint density at radius 2 is 1.69 bits per heavy atom. The average molecular weight is 216 g/mol. The Labute approximate surface area is 121 Å². The molecule has 0 rings (SSSR count). The minimum Gasteiger partial charge on any atom is -0.438 e. The van der Waals surface area contributed by atoms with E-state index in [-0.39, 0.29) is 51.4 Å². The maximum atomic E-state index is 11.5. The first-order valence-electron chi connectivity index (χ1n) is 4.25. The van der Waals surface area contributed by atoms with Crippen molar-refractivity contribution in [1.82, 2.24) is 0 Å². The van der Waals surface area contributed by atoms with Gasteiger partial charge in [0.15, 0.2) is 0 Å². The molecule has 0 unspecified atom stereocenters. The second-order valence-corrected chi connectivity index (χ2v) is 2.71. The summed E-state index contributed by atoms with van der Waals surface area (Å²) in [5, 5.41) is 0. The van der Waals surface area contributed by atoms with Crippen LogP contribution in [0.2, 0.25) is 0 Å². The molecule has 0 radical (unpaired) electrons. The SMILES string of the molecule is CCCCCCC#C[B-](F)(F)F.[K+]. The van der Waals surface area contributed by atoms with E-state index in [1.165, 1.54) is 5.82 Å². The van der Waals surface area contributed by atoms with E-state index in [1.807, 2.05) is 0 Å². The molecule has 0 aromatic rings. The van der Waals surface area contributed by atoms with Crippen molar-refractivity contribution in [3.05, 3.63) is 0 Å². The van der Waals surface area contributed by atoms with Gasteiger partial charge in [-0.25, -0.2) is 5.82 Å². The van der Waals surface area contributed by atoms with Crippen LogP contribution in [0.3, 0.4) is 0 Å². The van der Waals surface area contributed by atoms with Crippen molar-refractivity contribution in [2.75, 3.05) is 0 Å². The Bertz CT molecular complexity index is 168. The zero-order valence-electron chi connectivity index (χ0n) is 8.25. The summed E-state index contributed by atoms with van der Waals surface area (Å²) in [4.78, 5) is 0. The van der Waals surface area contributed by atoms with Gasteiger partial charge in [0.25, 0.3) is 0 Å². The molecule has 0 saturated heterocycles. The fourth-order valence-corrected chi connectivity index (χ4v) is 0.828. The third-order valence-corrected chi connectivity index (χ3v) is 1.42. The molecule has 0 saturated carbocycles. The van der Waals surface area contributed by atoms with Gasteiger partial charge in [0, 0.05) is 6.42 Å². The maximum Gasteiger partial charge on any atom is 1.00 e. The van der Waals surface area contributed by atoms with E-state index in [4.69, 9.17) is 0 Å². The van der Waals surface area contributed by atoms with Crippen molar-refractivity contribution < 1.29 is 64.3 Å². The Kier molecular flexibility index (Phi) is 12.2. The summed E-state index contributed by atoms with van der Waals surface area (Å²) in [6, 6.07) is 0. The van der Waals surface area contributed by atoms with E-state index in [0.717, 1.165) is 25.7 Å². The van der Waals surface area contributed by atoms with Gasteiger partial charge in [-0.3, -0.25) is 0 Å². The molecule has 0 aromatic heterocycles. The monoisotopic (exact) mass is 216 g/mol. The summed E-state index contributed by atoms with van der Waals surface area (Å²) >= 11 is 0. The van der Waals surface area contributed by atoms with Gasteiger partial charge in [-0.05, 0) is 6.42 Å². The van der Waals surface area contributed by atoms with Gasteiger partial charge >= 0.3 is 58.4 Å². The minimum atomic E-state index is -4.89. The normalized spacial score (nSPS) is 9.85. The molecule has 0 aromatic carbocycles. The van der Waals surface area contributed by atoms with E-state index in [2.05, 4.69) is 12.8 Å². The van der Waals surface area contributed by atoms with Gasteiger partial charge in [-0.2, -0.15) is 0 Å². The molecule has 0 bridgehead atoms. The molecular weight excluding hydrogens is 203 g/mol. The van der Waals surface area contributed by atoms with Crippen molar-refractivity contribution in [2.24, 2.45) is 0 Å². The summed E-state index contributed by atoms with van der Waals surface area (Å²) in [6.07, 6.45) is 4.32. The molecular formula is C8H13BF3K. The first-order valence-corrected chi connectivity index (χ1v) is 4.25. The van der Waals surface area contributed by atoms with Crippen molar-refractivity contribution in [3.63, 3.8) is 0 Å². The molecule has 0 aliphatic rings. The van der Waals surface area contributed by atoms with E-state index in [1.54, 1.807) is 0 Å². The van der Waals surface area contributed by atoms with Crippen LogP contribution in [0.25, 0.3) is 0 Å². The van der Waals surface area contributed by atoms with E-state index >= 15 is 0 Å². The summed E-state index contributed by atoms with van der Waals surface area (Å²) in [5.74, 6) is 3.45. The van der Waals surface area contributed by atoms with Crippen molar-refractivity contribution >= 4 is 6.98 Å². The van der Waals surface area contributed by atoms with Crippen molar-refractivity contribution in [3.8, 4) is 11.7 Å². The second-order valence-electron chi connectivity index (χ2n) is 2.71. The predicted octanol–water partition coefficient (Wildman–Crippen LogP) is 0.351.